The predicted octanol–water partition coefficient (Wildman–Crippen LogP) is 4.66. The standard InChI is InChI=1S/C22H26N2O4/c1-2-3-4-5-10-17(24(27)28)11-6-8-16-14-13-15-9-7-12-18-19(15)20(16)22(26)23-21(18)25/h7,9,12-14,17H,2-6,8,10-11H2,1H3,(H,23,25,26). The summed E-state index contributed by atoms with van der Waals surface area (Å²) in [5.74, 6) is -0.754. The Bertz CT molecular complexity index is 907. The SMILES string of the molecule is CCCCCCC(CCCc1ccc2cccc3c2c1C(=O)NC3=O)[N+](=O)[O-]. The van der Waals surface area contributed by atoms with E-state index in [1.54, 1.807) is 12.1 Å². The summed E-state index contributed by atoms with van der Waals surface area (Å²) in [5, 5.41) is 15.3. The van der Waals surface area contributed by atoms with Crippen LogP contribution in [0.3, 0.4) is 0 Å². The molecule has 0 bridgehead atoms. The molecule has 1 aliphatic heterocycles. The van der Waals surface area contributed by atoms with Crippen LogP contribution in [0.1, 0.15) is 78.1 Å². The largest absolute Gasteiger partial charge is 0.288 e. The van der Waals surface area contributed by atoms with Crippen molar-refractivity contribution in [3.63, 3.8) is 0 Å². The quantitative estimate of drug-likeness (QED) is 0.280. The van der Waals surface area contributed by atoms with Gasteiger partial charge in [0.15, 0.2) is 0 Å². The second-order valence-corrected chi connectivity index (χ2v) is 7.47. The average molecular weight is 382 g/mol. The van der Waals surface area contributed by atoms with Crippen LogP contribution in [0.4, 0.5) is 0 Å². The van der Waals surface area contributed by atoms with Crippen LogP contribution in [0.2, 0.25) is 0 Å². The first-order valence-corrected chi connectivity index (χ1v) is 10.1. The van der Waals surface area contributed by atoms with Gasteiger partial charge in [-0.15, -0.1) is 0 Å². The molecule has 0 aliphatic carbocycles. The summed E-state index contributed by atoms with van der Waals surface area (Å²) in [6, 6.07) is 8.70. The van der Waals surface area contributed by atoms with Crippen molar-refractivity contribution in [2.24, 2.45) is 0 Å². The number of imide groups is 1. The summed E-state index contributed by atoms with van der Waals surface area (Å²) in [4.78, 5) is 35.8. The van der Waals surface area contributed by atoms with Gasteiger partial charge in [-0.1, -0.05) is 50.5 Å². The van der Waals surface area contributed by atoms with Crippen molar-refractivity contribution in [3.8, 4) is 0 Å². The molecule has 0 spiro atoms. The third-order valence-corrected chi connectivity index (χ3v) is 5.50. The van der Waals surface area contributed by atoms with Crippen molar-refractivity contribution < 1.29 is 14.5 Å². The lowest BCUT2D eigenvalue weighted by Crippen LogP contribution is -2.35. The summed E-state index contributed by atoms with van der Waals surface area (Å²) in [7, 11) is 0. The van der Waals surface area contributed by atoms with E-state index in [9.17, 15) is 19.7 Å². The van der Waals surface area contributed by atoms with Gasteiger partial charge in [0.1, 0.15) is 0 Å². The van der Waals surface area contributed by atoms with E-state index >= 15 is 0 Å². The van der Waals surface area contributed by atoms with Gasteiger partial charge in [-0.05, 0) is 36.3 Å². The van der Waals surface area contributed by atoms with Crippen LogP contribution in [0.25, 0.3) is 10.8 Å². The fourth-order valence-electron chi connectivity index (χ4n) is 4.00. The molecular formula is C22H26N2O4. The zero-order chi connectivity index (χ0) is 20.1. The molecule has 3 rings (SSSR count). The lowest BCUT2D eigenvalue weighted by molar-refractivity contribution is -0.524. The van der Waals surface area contributed by atoms with Crippen LogP contribution in [-0.2, 0) is 6.42 Å². The molecule has 0 saturated carbocycles. The smallest absolute Gasteiger partial charge is 0.259 e. The molecule has 0 saturated heterocycles. The number of hydrogen-bond acceptors (Lipinski definition) is 4. The molecule has 1 unspecified atom stereocenters. The highest BCUT2D eigenvalue weighted by atomic mass is 16.6. The lowest BCUT2D eigenvalue weighted by Gasteiger charge is -2.19. The summed E-state index contributed by atoms with van der Waals surface area (Å²) >= 11 is 0. The van der Waals surface area contributed by atoms with Gasteiger partial charge in [-0.2, -0.15) is 0 Å². The van der Waals surface area contributed by atoms with Crippen molar-refractivity contribution >= 4 is 22.6 Å². The number of nitro groups is 1. The molecule has 0 fully saturated rings. The van der Waals surface area contributed by atoms with Crippen molar-refractivity contribution in [2.75, 3.05) is 0 Å². The molecule has 2 aromatic carbocycles. The second kappa shape index (κ2) is 8.95. The molecule has 6 heteroatoms. The Morgan fingerprint density at radius 1 is 1.00 bits per heavy atom. The zero-order valence-electron chi connectivity index (χ0n) is 16.2. The Balaban J connectivity index is 1.73. The molecule has 2 aromatic rings. The number of hydrogen-bond donors (Lipinski definition) is 1. The number of carbonyl (C=O) groups is 2. The minimum Gasteiger partial charge on any atom is -0.288 e. The molecule has 28 heavy (non-hydrogen) atoms. The van der Waals surface area contributed by atoms with Gasteiger partial charge in [0.25, 0.3) is 11.8 Å². The molecule has 148 valence electrons. The Morgan fingerprint density at radius 2 is 1.79 bits per heavy atom. The van der Waals surface area contributed by atoms with Crippen LogP contribution in [0.15, 0.2) is 30.3 Å². The minimum atomic E-state index is -0.528. The Labute approximate surface area is 164 Å². The molecule has 1 N–H and O–H groups in total. The molecule has 1 heterocycles. The summed E-state index contributed by atoms with van der Waals surface area (Å²) in [6.07, 6.45) is 6.47. The van der Waals surface area contributed by atoms with Gasteiger partial charge in [-0.3, -0.25) is 25.0 Å². The number of carbonyl (C=O) groups excluding carboxylic acids is 2. The van der Waals surface area contributed by atoms with Gasteiger partial charge in [0, 0.05) is 28.7 Å². The second-order valence-electron chi connectivity index (χ2n) is 7.47. The van der Waals surface area contributed by atoms with Crippen molar-refractivity contribution in [1.29, 1.82) is 0 Å². The molecule has 2 amide bonds. The number of nitrogens with one attached hydrogen (secondary N) is 1. The van der Waals surface area contributed by atoms with Crippen LogP contribution in [0, 0.1) is 10.1 Å². The van der Waals surface area contributed by atoms with E-state index in [4.69, 9.17) is 0 Å². The summed E-state index contributed by atoms with van der Waals surface area (Å²) < 4.78 is 0. The summed E-state index contributed by atoms with van der Waals surface area (Å²) in [5.41, 5.74) is 1.89. The van der Waals surface area contributed by atoms with Crippen molar-refractivity contribution in [2.45, 2.75) is 64.3 Å². The first kappa shape index (κ1) is 20.0. The number of rotatable bonds is 10. The highest BCUT2D eigenvalue weighted by Gasteiger charge is 2.27. The van der Waals surface area contributed by atoms with Gasteiger partial charge in [-0.25, -0.2) is 0 Å². The molecule has 1 atom stereocenters. The summed E-state index contributed by atoms with van der Waals surface area (Å²) in [6.45, 7) is 2.12. The molecule has 1 aliphatic rings. The van der Waals surface area contributed by atoms with E-state index in [-0.39, 0.29) is 16.7 Å². The number of benzene rings is 2. The molecular weight excluding hydrogens is 356 g/mol. The van der Waals surface area contributed by atoms with Gasteiger partial charge in [0.05, 0.1) is 5.56 Å². The molecule has 0 aromatic heterocycles. The average Bonchev–Trinajstić information content (AvgIpc) is 2.67. The fourth-order valence-corrected chi connectivity index (χ4v) is 4.00. The van der Waals surface area contributed by atoms with Crippen molar-refractivity contribution in [3.05, 3.63) is 57.1 Å². The van der Waals surface area contributed by atoms with E-state index in [2.05, 4.69) is 12.2 Å². The Kier molecular flexibility index (Phi) is 6.39. The Morgan fingerprint density at radius 3 is 2.54 bits per heavy atom. The van der Waals surface area contributed by atoms with E-state index in [0.29, 0.717) is 42.2 Å². The number of amides is 2. The van der Waals surface area contributed by atoms with Crippen LogP contribution < -0.4 is 5.32 Å². The van der Waals surface area contributed by atoms with Crippen LogP contribution in [-0.4, -0.2) is 22.8 Å². The minimum absolute atomic E-state index is 0.167. The van der Waals surface area contributed by atoms with E-state index in [1.807, 2.05) is 18.2 Å². The third-order valence-electron chi connectivity index (χ3n) is 5.50. The maximum Gasteiger partial charge on any atom is 0.259 e. The van der Waals surface area contributed by atoms with Crippen LogP contribution >= 0.6 is 0 Å². The van der Waals surface area contributed by atoms with Gasteiger partial charge >= 0.3 is 0 Å². The lowest BCUT2D eigenvalue weighted by atomic mass is 9.89. The van der Waals surface area contributed by atoms with Crippen molar-refractivity contribution in [1.82, 2.24) is 5.32 Å². The Hall–Kier alpha value is -2.76. The highest BCUT2D eigenvalue weighted by Crippen LogP contribution is 2.30. The van der Waals surface area contributed by atoms with Gasteiger partial charge < -0.3 is 0 Å². The first-order valence-electron chi connectivity index (χ1n) is 10.1. The van der Waals surface area contributed by atoms with Gasteiger partial charge in [0.2, 0.25) is 6.04 Å². The normalized spacial score (nSPS) is 14.2. The van der Waals surface area contributed by atoms with E-state index in [1.165, 1.54) is 0 Å². The van der Waals surface area contributed by atoms with E-state index in [0.717, 1.165) is 36.6 Å². The van der Waals surface area contributed by atoms with E-state index < -0.39 is 6.04 Å². The fraction of sp³-hybridized carbons (Fsp3) is 0.455. The number of nitrogens with zero attached hydrogens (tertiary/aromatic N) is 1. The van der Waals surface area contributed by atoms with Crippen LogP contribution in [0.5, 0.6) is 0 Å². The maximum atomic E-state index is 12.5. The monoisotopic (exact) mass is 382 g/mol. The zero-order valence-corrected chi connectivity index (χ0v) is 16.2. The third kappa shape index (κ3) is 4.21. The first-order chi connectivity index (χ1) is 13.5. The maximum absolute atomic E-state index is 12.5. The highest BCUT2D eigenvalue weighted by molar-refractivity contribution is 6.26. The number of unbranched alkanes of at least 4 members (excludes halogenated alkanes) is 3. The predicted molar refractivity (Wildman–Crippen MR) is 108 cm³/mol. The molecule has 6 nitrogen and oxygen atoms in total. The number of aryl methyl sites for hydroxylation is 1. The topological polar surface area (TPSA) is 89.3 Å². The molecule has 0 radical (unpaired) electrons.